The average molecular weight is 451 g/mol. The van der Waals surface area contributed by atoms with Gasteiger partial charge in [-0.3, -0.25) is 4.72 Å². The number of nitrogen functional groups attached to an aromatic ring is 1. The highest BCUT2D eigenvalue weighted by atomic mass is 32.2. The van der Waals surface area contributed by atoms with Gasteiger partial charge in [0.2, 0.25) is 21.9 Å². The van der Waals surface area contributed by atoms with Crippen molar-refractivity contribution < 1.29 is 13.2 Å². The van der Waals surface area contributed by atoms with Gasteiger partial charge in [-0.15, -0.1) is 5.10 Å². The van der Waals surface area contributed by atoms with Gasteiger partial charge in [0.1, 0.15) is 5.75 Å². The Balaban J connectivity index is 1.80. The van der Waals surface area contributed by atoms with E-state index in [0.29, 0.717) is 34.5 Å². The summed E-state index contributed by atoms with van der Waals surface area (Å²) in [6.07, 6.45) is 3.62. The van der Waals surface area contributed by atoms with E-state index in [9.17, 15) is 8.42 Å². The second-order valence-electron chi connectivity index (χ2n) is 7.19. The molecule has 2 aromatic carbocycles. The van der Waals surface area contributed by atoms with E-state index in [4.69, 9.17) is 10.5 Å². The van der Waals surface area contributed by atoms with Gasteiger partial charge in [0.25, 0.3) is 0 Å². The monoisotopic (exact) mass is 450 g/mol. The number of aryl methyl sites for hydroxylation is 1. The Kier molecular flexibility index (Phi) is 5.87. The summed E-state index contributed by atoms with van der Waals surface area (Å²) >= 11 is 0. The maximum atomic E-state index is 12.3. The van der Waals surface area contributed by atoms with E-state index in [0.717, 1.165) is 10.9 Å². The lowest BCUT2D eigenvalue weighted by molar-refractivity contribution is 0.459. The number of hydrogen-bond acceptors (Lipinski definition) is 8. The third kappa shape index (κ3) is 4.45. The van der Waals surface area contributed by atoms with E-state index in [1.54, 1.807) is 30.5 Å². The van der Waals surface area contributed by atoms with Gasteiger partial charge in [-0.2, -0.15) is 5.10 Å². The topological polar surface area (TPSA) is 133 Å². The van der Waals surface area contributed by atoms with Crippen LogP contribution in [0.25, 0.3) is 22.0 Å². The Morgan fingerprint density at radius 2 is 1.91 bits per heavy atom. The van der Waals surface area contributed by atoms with Gasteiger partial charge in [0, 0.05) is 17.0 Å². The highest BCUT2D eigenvalue weighted by Gasteiger charge is 2.17. The number of sulfonamides is 1. The van der Waals surface area contributed by atoms with Crippen LogP contribution in [0.2, 0.25) is 0 Å². The molecule has 0 spiro atoms. The molecule has 10 heteroatoms. The predicted molar refractivity (Wildman–Crippen MR) is 124 cm³/mol. The summed E-state index contributed by atoms with van der Waals surface area (Å²) in [5.74, 6) is 0.973. The predicted octanol–water partition coefficient (Wildman–Crippen LogP) is 3.92. The SMILES string of the molecule is CCCS(=O)(=O)Nc1cccc2c(Oc3nnccc3-c3ccnc(N)n3)c(C)ccc12. The van der Waals surface area contributed by atoms with Crippen molar-refractivity contribution in [2.75, 3.05) is 16.2 Å². The molecule has 4 aromatic rings. The molecular weight excluding hydrogens is 428 g/mol. The van der Waals surface area contributed by atoms with Crippen LogP contribution in [0.4, 0.5) is 11.6 Å². The Morgan fingerprint density at radius 1 is 1.06 bits per heavy atom. The van der Waals surface area contributed by atoms with E-state index in [1.165, 1.54) is 6.20 Å². The number of hydrogen-bond donors (Lipinski definition) is 2. The van der Waals surface area contributed by atoms with Crippen LogP contribution in [0.1, 0.15) is 18.9 Å². The van der Waals surface area contributed by atoms with Crippen molar-refractivity contribution in [2.45, 2.75) is 20.3 Å². The largest absolute Gasteiger partial charge is 0.436 e. The van der Waals surface area contributed by atoms with Gasteiger partial charge in [-0.1, -0.05) is 31.2 Å². The van der Waals surface area contributed by atoms with Crippen LogP contribution < -0.4 is 15.2 Å². The molecule has 32 heavy (non-hydrogen) atoms. The summed E-state index contributed by atoms with van der Waals surface area (Å²) in [5, 5.41) is 9.54. The highest BCUT2D eigenvalue weighted by molar-refractivity contribution is 7.92. The molecule has 0 aliphatic heterocycles. The summed E-state index contributed by atoms with van der Waals surface area (Å²) in [7, 11) is -3.44. The summed E-state index contributed by atoms with van der Waals surface area (Å²) < 4.78 is 33.6. The molecule has 0 fully saturated rings. The van der Waals surface area contributed by atoms with Crippen LogP contribution in [-0.4, -0.2) is 34.3 Å². The lowest BCUT2D eigenvalue weighted by Gasteiger charge is -2.16. The Bertz CT molecular complexity index is 1390. The maximum Gasteiger partial charge on any atom is 0.248 e. The molecule has 9 nitrogen and oxygen atoms in total. The standard InChI is InChI=1S/C22H22N6O3S/c1-3-13-32(29,30)28-19-6-4-5-16-15(19)8-7-14(2)20(16)31-21-17(9-12-25-27-21)18-10-11-24-22(23)26-18/h4-12,28H,3,13H2,1-2H3,(H2,23,24,26). The third-order valence-electron chi connectivity index (χ3n) is 4.78. The van der Waals surface area contributed by atoms with Crippen LogP contribution in [0.15, 0.2) is 54.9 Å². The summed E-state index contributed by atoms with van der Waals surface area (Å²) in [5.41, 5.74) is 8.22. The number of aromatic nitrogens is 4. The molecule has 0 aliphatic carbocycles. The fourth-order valence-electron chi connectivity index (χ4n) is 3.36. The molecule has 0 saturated carbocycles. The summed E-state index contributed by atoms with van der Waals surface area (Å²) in [6, 6.07) is 12.5. The molecule has 0 unspecified atom stereocenters. The summed E-state index contributed by atoms with van der Waals surface area (Å²) in [4.78, 5) is 8.16. The van der Waals surface area contributed by atoms with Crippen LogP contribution in [0.5, 0.6) is 11.6 Å². The fraction of sp³-hybridized carbons (Fsp3) is 0.182. The minimum Gasteiger partial charge on any atom is -0.436 e. The minimum atomic E-state index is -3.44. The van der Waals surface area contributed by atoms with E-state index in [-0.39, 0.29) is 17.6 Å². The quantitative estimate of drug-likeness (QED) is 0.433. The van der Waals surface area contributed by atoms with Gasteiger partial charge in [0.15, 0.2) is 0 Å². The van der Waals surface area contributed by atoms with Crippen LogP contribution in [-0.2, 0) is 10.0 Å². The smallest absolute Gasteiger partial charge is 0.248 e. The normalized spacial score (nSPS) is 11.4. The first-order valence-corrected chi connectivity index (χ1v) is 11.6. The van der Waals surface area contributed by atoms with Crippen LogP contribution >= 0.6 is 0 Å². The van der Waals surface area contributed by atoms with Gasteiger partial charge < -0.3 is 10.5 Å². The lowest BCUT2D eigenvalue weighted by atomic mass is 10.0. The average Bonchev–Trinajstić information content (AvgIpc) is 2.76. The van der Waals surface area contributed by atoms with Crippen molar-refractivity contribution in [3.8, 4) is 22.9 Å². The van der Waals surface area contributed by atoms with E-state index in [2.05, 4.69) is 24.9 Å². The van der Waals surface area contributed by atoms with Crippen molar-refractivity contribution in [2.24, 2.45) is 0 Å². The number of anilines is 2. The second kappa shape index (κ2) is 8.75. The molecule has 0 bridgehead atoms. The van der Waals surface area contributed by atoms with Crippen molar-refractivity contribution in [3.05, 3.63) is 60.4 Å². The molecule has 0 atom stereocenters. The van der Waals surface area contributed by atoms with Gasteiger partial charge >= 0.3 is 0 Å². The number of nitrogens with zero attached hydrogens (tertiary/aromatic N) is 4. The Morgan fingerprint density at radius 3 is 2.69 bits per heavy atom. The molecule has 0 saturated heterocycles. The van der Waals surface area contributed by atoms with Crippen molar-refractivity contribution in [3.63, 3.8) is 0 Å². The zero-order valence-corrected chi connectivity index (χ0v) is 18.4. The van der Waals surface area contributed by atoms with Crippen LogP contribution in [0.3, 0.4) is 0 Å². The number of nitrogens with one attached hydrogen (secondary N) is 1. The number of ether oxygens (including phenoxy) is 1. The number of rotatable bonds is 7. The van der Waals surface area contributed by atoms with E-state index >= 15 is 0 Å². The minimum absolute atomic E-state index is 0.0453. The third-order valence-corrected chi connectivity index (χ3v) is 6.26. The first kappa shape index (κ1) is 21.4. The van der Waals surface area contributed by atoms with E-state index < -0.39 is 10.0 Å². The Hall–Kier alpha value is -3.79. The van der Waals surface area contributed by atoms with Gasteiger partial charge in [-0.05, 0) is 37.1 Å². The zero-order chi connectivity index (χ0) is 22.7. The molecule has 2 heterocycles. The zero-order valence-electron chi connectivity index (χ0n) is 17.6. The molecule has 0 amide bonds. The summed E-state index contributed by atoms with van der Waals surface area (Å²) in [6.45, 7) is 3.73. The highest BCUT2D eigenvalue weighted by Crippen LogP contribution is 2.38. The molecule has 2 aromatic heterocycles. The molecule has 0 radical (unpaired) electrons. The van der Waals surface area contributed by atoms with Crippen molar-refractivity contribution >= 4 is 32.4 Å². The van der Waals surface area contributed by atoms with Gasteiger partial charge in [-0.25, -0.2) is 18.4 Å². The lowest BCUT2D eigenvalue weighted by Crippen LogP contribution is -2.16. The van der Waals surface area contributed by atoms with Crippen LogP contribution in [0, 0.1) is 6.92 Å². The molecule has 3 N–H and O–H groups in total. The number of nitrogens with two attached hydrogens (primary N) is 1. The first-order valence-electron chi connectivity index (χ1n) is 9.99. The second-order valence-corrected chi connectivity index (χ2v) is 9.03. The number of benzene rings is 2. The van der Waals surface area contributed by atoms with Crippen molar-refractivity contribution in [1.29, 1.82) is 0 Å². The van der Waals surface area contributed by atoms with Gasteiger partial charge in [0.05, 0.1) is 28.9 Å². The maximum absolute atomic E-state index is 12.3. The molecule has 4 rings (SSSR count). The Labute approximate surface area is 185 Å². The molecule has 164 valence electrons. The number of fused-ring (bicyclic) bond motifs is 1. The first-order chi connectivity index (χ1) is 15.4. The fourth-order valence-corrected chi connectivity index (χ4v) is 4.51. The van der Waals surface area contributed by atoms with Crippen molar-refractivity contribution in [1.82, 2.24) is 20.2 Å². The molecule has 0 aliphatic rings. The van der Waals surface area contributed by atoms with E-state index in [1.807, 2.05) is 32.0 Å². The molecular formula is C22H22N6O3S.